The van der Waals surface area contributed by atoms with Gasteiger partial charge >= 0.3 is 5.97 Å². The number of nitrogens with one attached hydrogen (secondary N) is 1. The van der Waals surface area contributed by atoms with Gasteiger partial charge in [-0.05, 0) is 25.1 Å². The summed E-state index contributed by atoms with van der Waals surface area (Å²) in [5.41, 5.74) is 0.644. The number of aliphatic hydroxyl groups is 1. The summed E-state index contributed by atoms with van der Waals surface area (Å²) in [6.45, 7) is 1.42. The predicted octanol–water partition coefficient (Wildman–Crippen LogP) is 1.77. The minimum atomic E-state index is -3.78. The van der Waals surface area contributed by atoms with Crippen molar-refractivity contribution in [3.63, 3.8) is 0 Å². The minimum Gasteiger partial charge on any atom is -0.451 e. The SMILES string of the molecule is C[C@@H](OC(=O)c1cc(S(=O)(=O)N(C)C)ccc1NCCO)C(=O)c1ccccc1. The van der Waals surface area contributed by atoms with Crippen LogP contribution in [0.2, 0.25) is 0 Å². The summed E-state index contributed by atoms with van der Waals surface area (Å²) in [6, 6.07) is 12.4. The largest absolute Gasteiger partial charge is 0.451 e. The Morgan fingerprint density at radius 3 is 2.38 bits per heavy atom. The first-order valence-corrected chi connectivity index (χ1v) is 10.3. The van der Waals surface area contributed by atoms with E-state index < -0.39 is 22.1 Å². The van der Waals surface area contributed by atoms with Crippen LogP contribution in [0.1, 0.15) is 27.6 Å². The van der Waals surface area contributed by atoms with Gasteiger partial charge in [-0.3, -0.25) is 4.79 Å². The number of esters is 1. The van der Waals surface area contributed by atoms with E-state index in [1.165, 1.54) is 39.2 Å². The summed E-state index contributed by atoms with van der Waals surface area (Å²) in [5, 5.41) is 11.9. The smallest absolute Gasteiger partial charge is 0.341 e. The number of carbonyl (C=O) groups is 2. The van der Waals surface area contributed by atoms with Crippen LogP contribution in [0.4, 0.5) is 5.69 Å². The Labute approximate surface area is 170 Å². The zero-order valence-electron chi connectivity index (χ0n) is 16.5. The summed E-state index contributed by atoms with van der Waals surface area (Å²) in [6.07, 6.45) is -1.07. The van der Waals surface area contributed by atoms with Crippen LogP contribution in [0.3, 0.4) is 0 Å². The van der Waals surface area contributed by atoms with Gasteiger partial charge in [0.25, 0.3) is 0 Å². The second-order valence-corrected chi connectivity index (χ2v) is 8.57. The Morgan fingerprint density at radius 1 is 1.14 bits per heavy atom. The fraction of sp³-hybridized carbons (Fsp3) is 0.300. The fourth-order valence-corrected chi connectivity index (χ4v) is 3.45. The van der Waals surface area contributed by atoms with Crippen LogP contribution in [0.15, 0.2) is 53.4 Å². The van der Waals surface area contributed by atoms with E-state index in [9.17, 15) is 18.0 Å². The molecule has 2 N–H and O–H groups in total. The molecule has 2 rings (SSSR count). The molecular weight excluding hydrogens is 396 g/mol. The summed E-state index contributed by atoms with van der Waals surface area (Å²) in [5.74, 6) is -1.22. The Balaban J connectivity index is 2.34. The van der Waals surface area contributed by atoms with Gasteiger partial charge in [0.2, 0.25) is 15.8 Å². The maximum Gasteiger partial charge on any atom is 0.341 e. The average Bonchev–Trinajstić information content (AvgIpc) is 2.71. The molecule has 29 heavy (non-hydrogen) atoms. The maximum atomic E-state index is 12.7. The van der Waals surface area contributed by atoms with E-state index in [4.69, 9.17) is 9.84 Å². The maximum absolute atomic E-state index is 12.7. The van der Waals surface area contributed by atoms with Crippen molar-refractivity contribution in [3.05, 3.63) is 59.7 Å². The Kier molecular flexibility index (Phi) is 7.49. The summed E-state index contributed by atoms with van der Waals surface area (Å²) in [7, 11) is -1.01. The van der Waals surface area contributed by atoms with Crippen molar-refractivity contribution in [2.45, 2.75) is 17.9 Å². The molecule has 156 valence electrons. The van der Waals surface area contributed by atoms with Crippen molar-refractivity contribution in [1.29, 1.82) is 0 Å². The summed E-state index contributed by atoms with van der Waals surface area (Å²) >= 11 is 0. The van der Waals surface area contributed by atoms with E-state index >= 15 is 0 Å². The van der Waals surface area contributed by atoms with Crippen molar-refractivity contribution in [3.8, 4) is 0 Å². The van der Waals surface area contributed by atoms with Crippen molar-refractivity contribution in [2.24, 2.45) is 0 Å². The highest BCUT2D eigenvalue weighted by atomic mass is 32.2. The average molecular weight is 420 g/mol. The number of rotatable bonds is 9. The Bertz CT molecular complexity index is 974. The molecule has 0 fully saturated rings. The van der Waals surface area contributed by atoms with Crippen LogP contribution in [0.25, 0.3) is 0 Å². The predicted molar refractivity (Wildman–Crippen MR) is 109 cm³/mol. The third kappa shape index (κ3) is 5.41. The number of hydrogen-bond acceptors (Lipinski definition) is 7. The summed E-state index contributed by atoms with van der Waals surface area (Å²) in [4.78, 5) is 25.1. The molecule has 0 aliphatic rings. The van der Waals surface area contributed by atoms with Gasteiger partial charge in [-0.2, -0.15) is 0 Å². The van der Waals surface area contributed by atoms with Crippen LogP contribution in [-0.2, 0) is 14.8 Å². The highest BCUT2D eigenvalue weighted by Crippen LogP contribution is 2.24. The second kappa shape index (κ2) is 9.64. The molecule has 0 aliphatic heterocycles. The van der Waals surface area contributed by atoms with E-state index in [2.05, 4.69) is 5.32 Å². The van der Waals surface area contributed by atoms with Crippen molar-refractivity contribution >= 4 is 27.5 Å². The molecule has 0 radical (unpaired) electrons. The van der Waals surface area contributed by atoms with Crippen LogP contribution in [-0.4, -0.2) is 62.9 Å². The van der Waals surface area contributed by atoms with E-state index in [1.807, 2.05) is 0 Å². The molecule has 0 aliphatic carbocycles. The van der Waals surface area contributed by atoms with Gasteiger partial charge < -0.3 is 15.2 Å². The highest BCUT2D eigenvalue weighted by molar-refractivity contribution is 7.89. The number of sulfonamides is 1. The number of ether oxygens (including phenoxy) is 1. The van der Waals surface area contributed by atoms with Crippen molar-refractivity contribution < 1.29 is 27.9 Å². The number of anilines is 1. The molecular formula is C20H24N2O6S. The molecule has 0 heterocycles. The van der Waals surface area contributed by atoms with Crippen LogP contribution in [0, 0.1) is 0 Å². The number of benzene rings is 2. The van der Waals surface area contributed by atoms with E-state index in [1.54, 1.807) is 30.3 Å². The molecule has 0 amide bonds. The molecule has 8 nitrogen and oxygen atoms in total. The molecule has 2 aromatic carbocycles. The van der Waals surface area contributed by atoms with Crippen LogP contribution >= 0.6 is 0 Å². The number of aliphatic hydroxyl groups excluding tert-OH is 1. The zero-order valence-corrected chi connectivity index (χ0v) is 17.3. The lowest BCUT2D eigenvalue weighted by atomic mass is 10.1. The molecule has 0 aromatic heterocycles. The van der Waals surface area contributed by atoms with Crippen LogP contribution in [0.5, 0.6) is 0 Å². The lowest BCUT2D eigenvalue weighted by Crippen LogP contribution is -2.26. The monoisotopic (exact) mass is 420 g/mol. The lowest BCUT2D eigenvalue weighted by molar-refractivity contribution is 0.0319. The van der Waals surface area contributed by atoms with Gasteiger partial charge in [-0.25, -0.2) is 17.5 Å². The lowest BCUT2D eigenvalue weighted by Gasteiger charge is -2.17. The fourth-order valence-electron chi connectivity index (χ4n) is 2.52. The standard InChI is InChI=1S/C20H24N2O6S/c1-14(19(24)15-7-5-4-6-8-15)28-20(25)17-13-16(29(26,27)22(2)3)9-10-18(17)21-11-12-23/h4-10,13-14,21,23H,11-12H2,1-3H3/t14-/m1/s1. The Hall–Kier alpha value is -2.75. The molecule has 1 atom stereocenters. The molecule has 0 unspecified atom stereocenters. The van der Waals surface area contributed by atoms with Gasteiger partial charge in [0.05, 0.1) is 17.1 Å². The first-order chi connectivity index (χ1) is 13.7. The van der Waals surface area contributed by atoms with Gasteiger partial charge in [0, 0.05) is 31.9 Å². The number of nitrogens with zero attached hydrogens (tertiary/aromatic N) is 1. The van der Waals surface area contributed by atoms with E-state index in [-0.39, 0.29) is 29.4 Å². The number of Topliss-reactive ketones (excluding diaryl/α,β-unsaturated/α-hetero) is 1. The molecule has 0 bridgehead atoms. The second-order valence-electron chi connectivity index (χ2n) is 6.42. The first kappa shape index (κ1) is 22.5. The number of carbonyl (C=O) groups excluding carboxylic acids is 2. The minimum absolute atomic E-state index is 0.0471. The Morgan fingerprint density at radius 2 is 1.79 bits per heavy atom. The normalized spacial score (nSPS) is 12.4. The zero-order chi connectivity index (χ0) is 21.6. The van der Waals surface area contributed by atoms with Gasteiger partial charge in [-0.1, -0.05) is 30.3 Å². The molecule has 0 saturated carbocycles. The molecule has 0 spiro atoms. The van der Waals surface area contributed by atoms with E-state index in [0.29, 0.717) is 11.3 Å². The number of ketones is 1. The number of hydrogen-bond donors (Lipinski definition) is 2. The molecule has 2 aromatic rings. The van der Waals surface area contributed by atoms with Gasteiger partial charge in [0.15, 0.2) is 6.10 Å². The van der Waals surface area contributed by atoms with Gasteiger partial charge in [-0.15, -0.1) is 0 Å². The van der Waals surface area contributed by atoms with E-state index in [0.717, 1.165) is 4.31 Å². The topological polar surface area (TPSA) is 113 Å². The summed E-state index contributed by atoms with van der Waals surface area (Å²) < 4.78 is 31.1. The third-order valence-corrected chi connectivity index (χ3v) is 5.94. The highest BCUT2D eigenvalue weighted by Gasteiger charge is 2.25. The van der Waals surface area contributed by atoms with Crippen molar-refractivity contribution in [1.82, 2.24) is 4.31 Å². The van der Waals surface area contributed by atoms with Gasteiger partial charge in [0.1, 0.15) is 0 Å². The third-order valence-electron chi connectivity index (χ3n) is 4.13. The first-order valence-electron chi connectivity index (χ1n) is 8.90. The quantitative estimate of drug-likeness (QED) is 0.469. The van der Waals surface area contributed by atoms with Crippen molar-refractivity contribution in [2.75, 3.05) is 32.6 Å². The molecule has 9 heteroatoms. The van der Waals surface area contributed by atoms with Crippen LogP contribution < -0.4 is 5.32 Å². The molecule has 0 saturated heterocycles.